The van der Waals surface area contributed by atoms with Crippen molar-refractivity contribution < 1.29 is 18.0 Å². The molecule has 9 heteroatoms. The summed E-state index contributed by atoms with van der Waals surface area (Å²) >= 11 is 6.36. The molecule has 236 valence electrons. The lowest BCUT2D eigenvalue weighted by Gasteiger charge is -2.34. The van der Waals surface area contributed by atoms with Crippen LogP contribution in [0.1, 0.15) is 41.7 Å². The van der Waals surface area contributed by atoms with Gasteiger partial charge in [-0.05, 0) is 81.1 Å². The van der Waals surface area contributed by atoms with Gasteiger partial charge in [0, 0.05) is 24.0 Å². The summed E-state index contributed by atoms with van der Waals surface area (Å²) in [5, 5.41) is 3.32. The van der Waals surface area contributed by atoms with Crippen LogP contribution in [-0.2, 0) is 32.6 Å². The average Bonchev–Trinajstić information content (AvgIpc) is 3.00. The molecule has 1 atom stereocenters. The Kier molecular flexibility index (Phi) is 11.1. The fraction of sp³-hybridized carbons (Fsp3) is 0.278. The van der Waals surface area contributed by atoms with Crippen LogP contribution in [-0.4, -0.2) is 43.8 Å². The Labute approximate surface area is 271 Å². The molecule has 45 heavy (non-hydrogen) atoms. The van der Waals surface area contributed by atoms with E-state index in [9.17, 15) is 18.0 Å². The molecule has 0 aliphatic carbocycles. The number of benzene rings is 4. The lowest BCUT2D eigenvalue weighted by atomic mass is 10.0. The topological polar surface area (TPSA) is 86.8 Å². The first-order valence-electron chi connectivity index (χ1n) is 14.9. The summed E-state index contributed by atoms with van der Waals surface area (Å²) in [6, 6.07) is 27.5. The Bertz CT molecular complexity index is 1740. The van der Waals surface area contributed by atoms with Crippen LogP contribution in [0, 0.1) is 20.8 Å². The van der Waals surface area contributed by atoms with Gasteiger partial charge in [0.2, 0.25) is 11.8 Å². The minimum absolute atomic E-state index is 0.0455. The van der Waals surface area contributed by atoms with Crippen LogP contribution in [0.15, 0.2) is 102 Å². The number of hydrogen-bond acceptors (Lipinski definition) is 4. The molecule has 0 aromatic heterocycles. The molecule has 0 saturated heterocycles. The molecule has 0 aliphatic rings. The second-order valence-electron chi connectivity index (χ2n) is 11.6. The Morgan fingerprint density at radius 3 is 2.11 bits per heavy atom. The minimum atomic E-state index is -4.22. The van der Waals surface area contributed by atoms with Crippen molar-refractivity contribution in [3.63, 3.8) is 0 Å². The number of amides is 2. The van der Waals surface area contributed by atoms with E-state index in [-0.39, 0.29) is 29.8 Å². The largest absolute Gasteiger partial charge is 0.352 e. The molecular weight excluding hydrogens is 606 g/mol. The lowest BCUT2D eigenvalue weighted by Crippen LogP contribution is -2.54. The zero-order valence-electron chi connectivity index (χ0n) is 26.3. The number of halogens is 1. The van der Waals surface area contributed by atoms with Crippen molar-refractivity contribution in [3.05, 3.63) is 130 Å². The van der Waals surface area contributed by atoms with Crippen molar-refractivity contribution >= 4 is 39.1 Å². The van der Waals surface area contributed by atoms with Gasteiger partial charge >= 0.3 is 0 Å². The van der Waals surface area contributed by atoms with Crippen LogP contribution < -0.4 is 9.62 Å². The molecule has 0 unspecified atom stereocenters. The second kappa shape index (κ2) is 14.8. The highest BCUT2D eigenvalue weighted by Crippen LogP contribution is 2.30. The number of nitrogens with zero attached hydrogens (tertiary/aromatic N) is 2. The van der Waals surface area contributed by atoms with Gasteiger partial charge in [-0.15, -0.1) is 0 Å². The van der Waals surface area contributed by atoms with E-state index in [2.05, 4.69) is 5.32 Å². The normalized spacial score (nSPS) is 12.1. The fourth-order valence-corrected chi connectivity index (χ4v) is 6.74. The number of sulfonamides is 1. The molecule has 4 aromatic carbocycles. The Balaban J connectivity index is 1.84. The average molecular weight is 646 g/mol. The second-order valence-corrected chi connectivity index (χ2v) is 13.9. The van der Waals surface area contributed by atoms with Crippen LogP contribution in [0.25, 0.3) is 0 Å². The van der Waals surface area contributed by atoms with E-state index >= 15 is 0 Å². The molecule has 0 spiro atoms. The number of nitrogens with one attached hydrogen (secondary N) is 1. The molecule has 4 rings (SSSR count). The molecule has 7 nitrogen and oxygen atoms in total. The first-order chi connectivity index (χ1) is 21.4. The maximum absolute atomic E-state index is 14.6. The van der Waals surface area contributed by atoms with Crippen molar-refractivity contribution in [2.75, 3.05) is 10.8 Å². The number of aryl methyl sites for hydroxylation is 3. The Morgan fingerprint density at radius 2 is 1.47 bits per heavy atom. The van der Waals surface area contributed by atoms with E-state index in [1.165, 1.54) is 17.0 Å². The summed E-state index contributed by atoms with van der Waals surface area (Å²) in [4.78, 5) is 30.0. The van der Waals surface area contributed by atoms with Gasteiger partial charge in [0.1, 0.15) is 12.6 Å². The third kappa shape index (κ3) is 8.53. The molecule has 4 aromatic rings. The quantitative estimate of drug-likeness (QED) is 0.188. The highest BCUT2D eigenvalue weighted by molar-refractivity contribution is 7.92. The third-order valence-electron chi connectivity index (χ3n) is 7.63. The van der Waals surface area contributed by atoms with Gasteiger partial charge in [0.15, 0.2) is 0 Å². The first-order valence-corrected chi connectivity index (χ1v) is 16.7. The van der Waals surface area contributed by atoms with Gasteiger partial charge in [-0.25, -0.2) is 8.42 Å². The highest BCUT2D eigenvalue weighted by Gasteiger charge is 2.35. The fourth-order valence-electron chi connectivity index (χ4n) is 5.11. The summed E-state index contributed by atoms with van der Waals surface area (Å²) in [6.45, 7) is 8.89. The van der Waals surface area contributed by atoms with E-state index in [4.69, 9.17) is 11.6 Å². The van der Waals surface area contributed by atoms with Gasteiger partial charge in [-0.2, -0.15) is 0 Å². The van der Waals surface area contributed by atoms with Crippen molar-refractivity contribution in [3.8, 4) is 0 Å². The number of carbonyl (C=O) groups excluding carboxylic acids is 2. The van der Waals surface area contributed by atoms with Crippen molar-refractivity contribution in [1.82, 2.24) is 10.2 Å². The van der Waals surface area contributed by atoms with Crippen LogP contribution in [0.2, 0.25) is 5.02 Å². The van der Waals surface area contributed by atoms with Crippen LogP contribution in [0.4, 0.5) is 5.69 Å². The van der Waals surface area contributed by atoms with E-state index in [0.29, 0.717) is 16.3 Å². The van der Waals surface area contributed by atoms with Crippen LogP contribution in [0.5, 0.6) is 0 Å². The molecule has 0 aliphatic heterocycles. The molecule has 1 N–H and O–H groups in total. The maximum atomic E-state index is 14.6. The smallest absolute Gasteiger partial charge is 0.264 e. The first kappa shape index (κ1) is 33.7. The molecule has 0 radical (unpaired) electrons. The van der Waals surface area contributed by atoms with Gasteiger partial charge in [0.25, 0.3) is 10.0 Å². The Hall–Kier alpha value is -4.14. The van der Waals surface area contributed by atoms with Gasteiger partial charge in [-0.1, -0.05) is 90.0 Å². The number of hydrogen-bond donors (Lipinski definition) is 1. The van der Waals surface area contributed by atoms with E-state index in [1.54, 1.807) is 37.3 Å². The van der Waals surface area contributed by atoms with Gasteiger partial charge < -0.3 is 10.2 Å². The van der Waals surface area contributed by atoms with Crippen LogP contribution in [0.3, 0.4) is 0 Å². The zero-order chi connectivity index (χ0) is 32.7. The SMILES string of the molecule is Cc1ccc(S(=O)(=O)N(CC(=O)N(Cc2ccccc2C)[C@H](Cc2ccccc2)C(=O)NC(C)C)c2cc(Cl)ccc2C)cc1. The number of rotatable bonds is 12. The number of carbonyl (C=O) groups is 2. The standard InChI is InChI=1S/C36H40ClN3O4S/c1-25(2)38-36(42)34(21-29-12-7-6-8-13-29)39(23-30-14-10-9-11-27(30)4)35(41)24-40(33-22-31(37)18-17-28(33)5)45(43,44)32-19-15-26(3)16-20-32/h6-20,22,25,34H,21,23-24H2,1-5H3,(H,38,42)/t34-/m1/s1. The van der Waals surface area contributed by atoms with E-state index < -0.39 is 28.5 Å². The monoisotopic (exact) mass is 645 g/mol. The molecule has 0 saturated carbocycles. The molecular formula is C36H40ClN3O4S. The molecule has 0 bridgehead atoms. The lowest BCUT2D eigenvalue weighted by molar-refractivity contribution is -0.140. The minimum Gasteiger partial charge on any atom is -0.352 e. The summed E-state index contributed by atoms with van der Waals surface area (Å²) < 4.78 is 29.6. The summed E-state index contributed by atoms with van der Waals surface area (Å²) in [5.74, 6) is -0.837. The van der Waals surface area contributed by atoms with E-state index in [0.717, 1.165) is 26.6 Å². The Morgan fingerprint density at radius 1 is 0.822 bits per heavy atom. The summed E-state index contributed by atoms with van der Waals surface area (Å²) in [6.07, 6.45) is 0.248. The van der Waals surface area contributed by atoms with Crippen molar-refractivity contribution in [1.29, 1.82) is 0 Å². The van der Waals surface area contributed by atoms with Gasteiger partial charge in [0.05, 0.1) is 10.6 Å². The third-order valence-corrected chi connectivity index (χ3v) is 9.64. The maximum Gasteiger partial charge on any atom is 0.264 e. The van der Waals surface area contributed by atoms with E-state index in [1.807, 2.05) is 82.3 Å². The summed E-state index contributed by atoms with van der Waals surface area (Å²) in [7, 11) is -4.22. The van der Waals surface area contributed by atoms with Crippen LogP contribution >= 0.6 is 11.6 Å². The van der Waals surface area contributed by atoms with Gasteiger partial charge in [-0.3, -0.25) is 13.9 Å². The molecule has 0 fully saturated rings. The number of anilines is 1. The molecule has 2 amide bonds. The van der Waals surface area contributed by atoms with Crippen molar-refractivity contribution in [2.24, 2.45) is 0 Å². The van der Waals surface area contributed by atoms with Crippen molar-refractivity contribution in [2.45, 2.75) is 64.6 Å². The zero-order valence-corrected chi connectivity index (χ0v) is 27.9. The predicted molar refractivity (Wildman–Crippen MR) is 181 cm³/mol. The highest BCUT2D eigenvalue weighted by atomic mass is 35.5. The summed E-state index contributed by atoms with van der Waals surface area (Å²) in [5.41, 5.74) is 4.50. The predicted octanol–water partition coefficient (Wildman–Crippen LogP) is 6.63. The molecule has 0 heterocycles.